The molecule has 98 valence electrons. The second-order valence-corrected chi connectivity index (χ2v) is 4.10. The molecule has 0 spiro atoms. The summed E-state index contributed by atoms with van der Waals surface area (Å²) in [6, 6.07) is 5.65. The standard InChI is InChI=1S/C11H9ClN4O3/c1-15-6-5-9(14-15)13-11(17)7-3-2-4-8(10(7)12)16(18)19/h2-6H,1H3,(H,13,14,17). The zero-order valence-electron chi connectivity index (χ0n) is 9.83. The summed E-state index contributed by atoms with van der Waals surface area (Å²) in [6.07, 6.45) is 1.66. The van der Waals surface area contributed by atoms with Gasteiger partial charge in [-0.2, -0.15) is 5.10 Å². The summed E-state index contributed by atoms with van der Waals surface area (Å²) in [5, 5.41) is 17.0. The Labute approximate surface area is 112 Å². The highest BCUT2D eigenvalue weighted by Crippen LogP contribution is 2.28. The Bertz CT molecular complexity index is 653. The minimum Gasteiger partial charge on any atom is -0.305 e. The highest BCUT2D eigenvalue weighted by Gasteiger charge is 2.20. The molecule has 8 heteroatoms. The molecular formula is C11H9ClN4O3. The molecule has 1 heterocycles. The summed E-state index contributed by atoms with van der Waals surface area (Å²) in [4.78, 5) is 22.0. The van der Waals surface area contributed by atoms with Crippen LogP contribution in [-0.2, 0) is 7.05 Å². The van der Waals surface area contributed by atoms with Gasteiger partial charge in [0.1, 0.15) is 5.02 Å². The van der Waals surface area contributed by atoms with Crippen LogP contribution in [0.15, 0.2) is 30.5 Å². The van der Waals surface area contributed by atoms with Gasteiger partial charge < -0.3 is 5.32 Å². The first kappa shape index (κ1) is 13.0. The normalized spacial score (nSPS) is 10.2. The number of benzene rings is 1. The number of nitrogens with one attached hydrogen (secondary N) is 1. The third-order valence-corrected chi connectivity index (χ3v) is 2.77. The minimum absolute atomic E-state index is 0.0292. The number of anilines is 1. The summed E-state index contributed by atoms with van der Waals surface area (Å²) >= 11 is 5.84. The van der Waals surface area contributed by atoms with Gasteiger partial charge in [0.25, 0.3) is 11.6 Å². The molecule has 1 N–H and O–H groups in total. The van der Waals surface area contributed by atoms with Gasteiger partial charge >= 0.3 is 0 Å². The molecule has 0 aliphatic carbocycles. The zero-order chi connectivity index (χ0) is 14.0. The molecule has 0 aliphatic rings. The van der Waals surface area contributed by atoms with E-state index in [-0.39, 0.29) is 16.3 Å². The average molecular weight is 281 g/mol. The molecule has 0 saturated heterocycles. The number of nitrogens with zero attached hydrogens (tertiary/aromatic N) is 3. The van der Waals surface area contributed by atoms with Gasteiger partial charge in [0.05, 0.1) is 10.5 Å². The van der Waals surface area contributed by atoms with Crippen LogP contribution in [0.5, 0.6) is 0 Å². The number of aryl methyl sites for hydroxylation is 1. The molecule has 0 saturated carbocycles. The number of carbonyl (C=O) groups excluding carboxylic acids is 1. The van der Waals surface area contributed by atoms with E-state index in [0.29, 0.717) is 5.82 Å². The zero-order valence-corrected chi connectivity index (χ0v) is 10.6. The summed E-state index contributed by atoms with van der Waals surface area (Å²) in [5.74, 6) is -0.206. The maximum Gasteiger partial charge on any atom is 0.288 e. The highest BCUT2D eigenvalue weighted by molar-refractivity contribution is 6.36. The van der Waals surface area contributed by atoms with Crippen molar-refractivity contribution in [1.82, 2.24) is 9.78 Å². The molecule has 7 nitrogen and oxygen atoms in total. The molecule has 2 aromatic rings. The smallest absolute Gasteiger partial charge is 0.288 e. The first-order valence-corrected chi connectivity index (χ1v) is 5.60. The van der Waals surface area contributed by atoms with Crippen LogP contribution in [0.25, 0.3) is 0 Å². The van der Waals surface area contributed by atoms with E-state index < -0.39 is 10.8 Å². The van der Waals surface area contributed by atoms with Crippen LogP contribution in [0.1, 0.15) is 10.4 Å². The molecule has 0 atom stereocenters. The van der Waals surface area contributed by atoms with Gasteiger partial charge in [0.15, 0.2) is 5.82 Å². The van der Waals surface area contributed by atoms with Gasteiger partial charge in [-0.25, -0.2) is 0 Å². The fourth-order valence-electron chi connectivity index (χ4n) is 1.50. The molecular weight excluding hydrogens is 272 g/mol. The van der Waals surface area contributed by atoms with Crippen LogP contribution >= 0.6 is 11.6 Å². The lowest BCUT2D eigenvalue weighted by atomic mass is 10.2. The number of nitro benzene ring substituents is 1. The Hall–Kier alpha value is -2.41. The van der Waals surface area contributed by atoms with E-state index in [2.05, 4.69) is 10.4 Å². The summed E-state index contributed by atoms with van der Waals surface area (Å²) in [5.41, 5.74) is -0.281. The molecule has 1 aromatic carbocycles. The second kappa shape index (κ2) is 5.07. The lowest BCUT2D eigenvalue weighted by Crippen LogP contribution is -2.13. The molecule has 1 aromatic heterocycles. The molecule has 0 aliphatic heterocycles. The van der Waals surface area contributed by atoms with E-state index in [4.69, 9.17) is 11.6 Å². The largest absolute Gasteiger partial charge is 0.305 e. The predicted molar refractivity (Wildman–Crippen MR) is 69.3 cm³/mol. The Balaban J connectivity index is 2.29. The van der Waals surface area contributed by atoms with Gasteiger partial charge in [-0.05, 0) is 6.07 Å². The Morgan fingerprint density at radius 2 is 2.21 bits per heavy atom. The van der Waals surface area contributed by atoms with E-state index in [9.17, 15) is 14.9 Å². The Morgan fingerprint density at radius 1 is 1.47 bits per heavy atom. The van der Waals surface area contributed by atoms with Crippen LogP contribution in [-0.4, -0.2) is 20.6 Å². The van der Waals surface area contributed by atoms with Crippen molar-refractivity contribution in [2.45, 2.75) is 0 Å². The molecule has 19 heavy (non-hydrogen) atoms. The van der Waals surface area contributed by atoms with Gasteiger partial charge in [0, 0.05) is 25.4 Å². The van der Waals surface area contributed by atoms with Gasteiger partial charge in [-0.1, -0.05) is 17.7 Å². The van der Waals surface area contributed by atoms with Gasteiger partial charge in [-0.3, -0.25) is 19.6 Å². The molecule has 0 bridgehead atoms. The summed E-state index contributed by atoms with van der Waals surface area (Å²) in [6.45, 7) is 0. The number of halogens is 1. The van der Waals surface area contributed by atoms with Crippen molar-refractivity contribution in [2.24, 2.45) is 7.05 Å². The number of hydrogen-bond acceptors (Lipinski definition) is 4. The van der Waals surface area contributed by atoms with Crippen molar-refractivity contribution >= 4 is 29.0 Å². The van der Waals surface area contributed by atoms with Crippen LogP contribution in [0, 0.1) is 10.1 Å². The fraction of sp³-hybridized carbons (Fsp3) is 0.0909. The summed E-state index contributed by atoms with van der Waals surface area (Å²) < 4.78 is 1.52. The van der Waals surface area contributed by atoms with E-state index in [1.807, 2.05) is 0 Å². The van der Waals surface area contributed by atoms with Crippen LogP contribution < -0.4 is 5.32 Å². The molecule has 0 fully saturated rings. The number of amides is 1. The van der Waals surface area contributed by atoms with Crippen LogP contribution in [0.3, 0.4) is 0 Å². The van der Waals surface area contributed by atoms with Crippen molar-refractivity contribution in [1.29, 1.82) is 0 Å². The van der Waals surface area contributed by atoms with Gasteiger partial charge in [-0.15, -0.1) is 0 Å². The van der Waals surface area contributed by atoms with Crippen molar-refractivity contribution in [3.63, 3.8) is 0 Å². The molecule has 0 unspecified atom stereocenters. The third kappa shape index (κ3) is 2.71. The van der Waals surface area contributed by atoms with Crippen molar-refractivity contribution < 1.29 is 9.72 Å². The fourth-order valence-corrected chi connectivity index (χ4v) is 1.78. The third-order valence-electron chi connectivity index (χ3n) is 2.37. The lowest BCUT2D eigenvalue weighted by Gasteiger charge is -2.04. The van der Waals surface area contributed by atoms with Crippen molar-refractivity contribution in [3.8, 4) is 0 Å². The monoisotopic (exact) mass is 280 g/mol. The summed E-state index contributed by atoms with van der Waals surface area (Å²) in [7, 11) is 1.70. The first-order chi connectivity index (χ1) is 8.99. The average Bonchev–Trinajstić information content (AvgIpc) is 2.74. The first-order valence-electron chi connectivity index (χ1n) is 5.23. The molecule has 2 rings (SSSR count). The quantitative estimate of drug-likeness (QED) is 0.689. The highest BCUT2D eigenvalue weighted by atomic mass is 35.5. The molecule has 0 radical (unpaired) electrons. The minimum atomic E-state index is -0.639. The Kier molecular flexibility index (Phi) is 3.48. The number of nitro groups is 1. The number of aromatic nitrogens is 2. The number of carbonyl (C=O) groups is 1. The molecule has 1 amide bonds. The number of rotatable bonds is 3. The van der Waals surface area contributed by atoms with E-state index >= 15 is 0 Å². The maximum atomic E-state index is 12.0. The number of hydrogen-bond donors (Lipinski definition) is 1. The topological polar surface area (TPSA) is 90.1 Å². The predicted octanol–water partition coefficient (Wildman–Crippen LogP) is 2.23. The van der Waals surface area contributed by atoms with E-state index in [1.54, 1.807) is 19.3 Å². The maximum absolute atomic E-state index is 12.0. The van der Waals surface area contributed by atoms with Crippen LogP contribution in [0.4, 0.5) is 11.5 Å². The Morgan fingerprint density at radius 3 is 2.79 bits per heavy atom. The van der Waals surface area contributed by atoms with Crippen molar-refractivity contribution in [3.05, 3.63) is 51.2 Å². The van der Waals surface area contributed by atoms with Crippen LogP contribution in [0.2, 0.25) is 5.02 Å². The lowest BCUT2D eigenvalue weighted by molar-refractivity contribution is -0.384. The van der Waals surface area contributed by atoms with Gasteiger partial charge in [0.2, 0.25) is 0 Å². The SMILES string of the molecule is Cn1ccc(NC(=O)c2cccc([N+](=O)[O-])c2Cl)n1. The van der Waals surface area contributed by atoms with E-state index in [0.717, 1.165) is 0 Å². The second-order valence-electron chi connectivity index (χ2n) is 3.72. The van der Waals surface area contributed by atoms with E-state index in [1.165, 1.54) is 22.9 Å². The van der Waals surface area contributed by atoms with Crippen molar-refractivity contribution in [2.75, 3.05) is 5.32 Å².